The molecule has 1 fully saturated rings. The van der Waals surface area contributed by atoms with Gasteiger partial charge < -0.3 is 20.5 Å². The Labute approximate surface area is 150 Å². The molecule has 1 aliphatic carbocycles. The summed E-state index contributed by atoms with van der Waals surface area (Å²) in [5, 5.41) is 14.0. The van der Waals surface area contributed by atoms with Crippen LogP contribution < -0.4 is 10.6 Å². The number of ketones is 1. The molecule has 2 rings (SSSR count). The van der Waals surface area contributed by atoms with Gasteiger partial charge in [0.15, 0.2) is 0 Å². The summed E-state index contributed by atoms with van der Waals surface area (Å²) in [6, 6.07) is 7.91. The number of carbonyl (C=O) groups is 4. The van der Waals surface area contributed by atoms with Gasteiger partial charge in [0.1, 0.15) is 25.0 Å². The maximum atomic E-state index is 11.9. The number of hydrogen-bond acceptors (Lipinski definition) is 5. The van der Waals surface area contributed by atoms with Crippen molar-refractivity contribution in [2.24, 2.45) is 5.92 Å². The molecule has 140 valence electrons. The van der Waals surface area contributed by atoms with E-state index in [1.54, 1.807) is 12.1 Å². The predicted molar refractivity (Wildman–Crippen MR) is 91.2 cm³/mol. The minimum Gasteiger partial charge on any atom is -0.480 e. The summed E-state index contributed by atoms with van der Waals surface area (Å²) >= 11 is 0. The summed E-state index contributed by atoms with van der Waals surface area (Å²) in [4.78, 5) is 46.5. The van der Waals surface area contributed by atoms with Crippen LogP contribution in [0.1, 0.15) is 31.2 Å². The van der Waals surface area contributed by atoms with Crippen LogP contribution in [-0.2, 0) is 25.7 Å². The van der Waals surface area contributed by atoms with E-state index in [0.717, 1.165) is 5.56 Å². The monoisotopic (exact) mass is 362 g/mol. The van der Waals surface area contributed by atoms with Gasteiger partial charge in [0, 0.05) is 12.8 Å². The van der Waals surface area contributed by atoms with E-state index in [0.29, 0.717) is 19.3 Å². The second-order valence-corrected chi connectivity index (χ2v) is 6.19. The van der Waals surface area contributed by atoms with Crippen LogP contribution in [-0.4, -0.2) is 41.4 Å². The lowest BCUT2D eigenvalue weighted by molar-refractivity contribution is -0.144. The molecule has 8 heteroatoms. The molecule has 1 saturated carbocycles. The molecule has 2 amide bonds. The van der Waals surface area contributed by atoms with Crippen molar-refractivity contribution in [3.05, 3.63) is 35.9 Å². The highest BCUT2D eigenvalue weighted by Crippen LogP contribution is 2.24. The lowest BCUT2D eigenvalue weighted by atomic mass is 9.83. The Hall–Kier alpha value is -2.90. The second-order valence-electron chi connectivity index (χ2n) is 6.19. The van der Waals surface area contributed by atoms with Crippen molar-refractivity contribution in [3.63, 3.8) is 0 Å². The van der Waals surface area contributed by atoms with Crippen LogP contribution >= 0.6 is 0 Å². The number of amides is 2. The van der Waals surface area contributed by atoms with E-state index in [4.69, 9.17) is 4.74 Å². The minimum atomic E-state index is -1.19. The summed E-state index contributed by atoms with van der Waals surface area (Å²) in [5.74, 6) is -2.26. The number of nitrogens with one attached hydrogen (secondary N) is 2. The van der Waals surface area contributed by atoms with E-state index in [1.165, 1.54) is 0 Å². The van der Waals surface area contributed by atoms with E-state index in [-0.39, 0.29) is 18.8 Å². The number of carbonyl (C=O) groups excluding carboxylic acids is 3. The smallest absolute Gasteiger partial charge is 0.407 e. The number of carboxylic acids is 1. The molecule has 0 spiro atoms. The Kier molecular flexibility index (Phi) is 7.13. The Morgan fingerprint density at radius 3 is 2.62 bits per heavy atom. The minimum absolute atomic E-state index is 0.00404. The number of alkyl carbamates (subject to hydrolysis) is 1. The van der Waals surface area contributed by atoms with Crippen LogP contribution in [0.3, 0.4) is 0 Å². The first-order valence-corrected chi connectivity index (χ1v) is 8.44. The zero-order valence-electron chi connectivity index (χ0n) is 14.3. The summed E-state index contributed by atoms with van der Waals surface area (Å²) in [7, 11) is 0. The number of carboxylic acid groups (broad SMARTS) is 1. The Morgan fingerprint density at radius 1 is 1.23 bits per heavy atom. The highest BCUT2D eigenvalue weighted by atomic mass is 16.5. The average molecular weight is 362 g/mol. The molecule has 2 atom stereocenters. The molecular weight excluding hydrogens is 340 g/mol. The van der Waals surface area contributed by atoms with Gasteiger partial charge in [0.2, 0.25) is 5.91 Å². The summed E-state index contributed by atoms with van der Waals surface area (Å²) in [5.41, 5.74) is 0.806. The Bertz CT molecular complexity index is 661. The summed E-state index contributed by atoms with van der Waals surface area (Å²) < 4.78 is 4.97. The van der Waals surface area contributed by atoms with Gasteiger partial charge in [-0.2, -0.15) is 0 Å². The summed E-state index contributed by atoms with van der Waals surface area (Å²) in [6.45, 7) is -0.339. The molecule has 0 radical (unpaired) electrons. The van der Waals surface area contributed by atoms with Crippen molar-refractivity contribution in [2.45, 2.75) is 38.3 Å². The zero-order valence-corrected chi connectivity index (χ0v) is 14.3. The molecule has 0 saturated heterocycles. The SMILES string of the molecule is O=C1CCC[C@H]([C@@H](NC(=O)CNC(=O)OCc2ccccc2)C(=O)O)C1. The van der Waals surface area contributed by atoms with Crippen molar-refractivity contribution in [2.75, 3.05) is 6.54 Å². The normalized spacial score (nSPS) is 17.8. The summed E-state index contributed by atoms with van der Waals surface area (Å²) in [6.07, 6.45) is 1.00. The fraction of sp³-hybridized carbons (Fsp3) is 0.444. The molecule has 0 aromatic heterocycles. The molecule has 1 aromatic rings. The number of benzene rings is 1. The number of rotatable bonds is 7. The van der Waals surface area contributed by atoms with E-state index < -0.39 is 36.5 Å². The highest BCUT2D eigenvalue weighted by Gasteiger charge is 2.33. The standard InChI is InChI=1S/C18H22N2O6/c21-14-8-4-7-13(9-14)16(17(23)24)20-15(22)10-19-18(25)26-11-12-5-2-1-3-6-12/h1-3,5-6,13,16H,4,7-11H2,(H,19,25)(H,20,22)(H,23,24)/t13-,16+/m0/s1. The molecule has 1 aromatic carbocycles. The van der Waals surface area contributed by atoms with Gasteiger partial charge in [-0.15, -0.1) is 0 Å². The first kappa shape index (κ1) is 19.4. The molecule has 0 aliphatic heterocycles. The largest absolute Gasteiger partial charge is 0.480 e. The first-order chi connectivity index (χ1) is 12.5. The van der Waals surface area contributed by atoms with E-state index >= 15 is 0 Å². The molecular formula is C18H22N2O6. The number of ether oxygens (including phenoxy) is 1. The van der Waals surface area contributed by atoms with Crippen molar-refractivity contribution in [1.29, 1.82) is 0 Å². The van der Waals surface area contributed by atoms with Crippen LogP contribution in [0.5, 0.6) is 0 Å². The molecule has 3 N–H and O–H groups in total. The average Bonchev–Trinajstić information content (AvgIpc) is 2.63. The van der Waals surface area contributed by atoms with E-state index in [2.05, 4.69) is 10.6 Å². The van der Waals surface area contributed by atoms with Crippen LogP contribution in [0.4, 0.5) is 4.79 Å². The van der Waals surface area contributed by atoms with Gasteiger partial charge in [0.05, 0.1) is 0 Å². The fourth-order valence-electron chi connectivity index (χ4n) is 2.87. The molecule has 1 aliphatic rings. The predicted octanol–water partition coefficient (Wildman–Crippen LogP) is 1.24. The Morgan fingerprint density at radius 2 is 1.96 bits per heavy atom. The first-order valence-electron chi connectivity index (χ1n) is 8.44. The van der Waals surface area contributed by atoms with Gasteiger partial charge in [-0.25, -0.2) is 9.59 Å². The van der Waals surface area contributed by atoms with Crippen LogP contribution in [0.15, 0.2) is 30.3 Å². The van der Waals surface area contributed by atoms with Gasteiger partial charge in [-0.05, 0) is 24.3 Å². The van der Waals surface area contributed by atoms with E-state index in [9.17, 15) is 24.3 Å². The van der Waals surface area contributed by atoms with Gasteiger partial charge in [0.25, 0.3) is 0 Å². The number of hydrogen-bond donors (Lipinski definition) is 3. The van der Waals surface area contributed by atoms with E-state index in [1.807, 2.05) is 18.2 Å². The maximum Gasteiger partial charge on any atom is 0.407 e. The lowest BCUT2D eigenvalue weighted by Crippen LogP contribution is -2.50. The maximum absolute atomic E-state index is 11.9. The van der Waals surface area contributed by atoms with Gasteiger partial charge in [-0.3, -0.25) is 9.59 Å². The molecule has 0 unspecified atom stereocenters. The van der Waals surface area contributed by atoms with Crippen LogP contribution in [0.2, 0.25) is 0 Å². The third-order valence-corrected chi connectivity index (χ3v) is 4.18. The molecule has 0 bridgehead atoms. The van der Waals surface area contributed by atoms with Crippen molar-refractivity contribution in [1.82, 2.24) is 10.6 Å². The van der Waals surface area contributed by atoms with Crippen molar-refractivity contribution >= 4 is 23.8 Å². The highest BCUT2D eigenvalue weighted by molar-refractivity contribution is 5.87. The van der Waals surface area contributed by atoms with Crippen molar-refractivity contribution < 1.29 is 29.0 Å². The molecule has 26 heavy (non-hydrogen) atoms. The van der Waals surface area contributed by atoms with Crippen LogP contribution in [0.25, 0.3) is 0 Å². The number of aliphatic carboxylic acids is 1. The van der Waals surface area contributed by atoms with Gasteiger partial charge >= 0.3 is 12.1 Å². The Balaban J connectivity index is 1.76. The molecule has 8 nitrogen and oxygen atoms in total. The quantitative estimate of drug-likeness (QED) is 0.671. The second kappa shape index (κ2) is 9.55. The topological polar surface area (TPSA) is 122 Å². The van der Waals surface area contributed by atoms with Gasteiger partial charge in [-0.1, -0.05) is 30.3 Å². The third kappa shape index (κ3) is 6.19. The lowest BCUT2D eigenvalue weighted by Gasteiger charge is -2.27. The van der Waals surface area contributed by atoms with Crippen LogP contribution in [0, 0.1) is 5.92 Å². The number of Topliss-reactive ketones (excluding diaryl/α,β-unsaturated/α-hetero) is 1. The fourth-order valence-corrected chi connectivity index (χ4v) is 2.87. The van der Waals surface area contributed by atoms with Crippen molar-refractivity contribution in [3.8, 4) is 0 Å². The molecule has 0 heterocycles. The zero-order chi connectivity index (χ0) is 18.9. The third-order valence-electron chi connectivity index (χ3n) is 4.18.